The van der Waals surface area contributed by atoms with Crippen molar-refractivity contribution >= 4 is 38.6 Å². The van der Waals surface area contributed by atoms with Gasteiger partial charge in [0.1, 0.15) is 5.75 Å². The maximum Gasteiger partial charge on any atom is 0.303 e. The van der Waals surface area contributed by atoms with Crippen LogP contribution < -0.4 is 10.1 Å². The van der Waals surface area contributed by atoms with Crippen LogP contribution >= 0.6 is 11.3 Å². The van der Waals surface area contributed by atoms with Crippen molar-refractivity contribution in [2.24, 2.45) is 0 Å². The van der Waals surface area contributed by atoms with Crippen molar-refractivity contribution < 1.29 is 19.1 Å². The number of carbonyl (C=O) groups excluding carboxylic acids is 2. The van der Waals surface area contributed by atoms with Gasteiger partial charge in [-0.3, -0.25) is 14.9 Å². The van der Waals surface area contributed by atoms with Gasteiger partial charge in [-0.25, -0.2) is 4.98 Å². The average molecular weight is 294 g/mol. The molecule has 0 unspecified atom stereocenters. The number of hydrogen-bond donors (Lipinski definition) is 1. The summed E-state index contributed by atoms with van der Waals surface area (Å²) in [5.74, 6) is -0.142. The molecule has 0 atom stereocenters. The first-order valence-electron chi connectivity index (χ1n) is 6.05. The third-order valence-corrected chi connectivity index (χ3v) is 3.26. The van der Waals surface area contributed by atoms with Crippen LogP contribution in [0, 0.1) is 0 Å². The van der Waals surface area contributed by atoms with Gasteiger partial charge in [0.2, 0.25) is 0 Å². The van der Waals surface area contributed by atoms with Crippen LogP contribution in [-0.2, 0) is 14.3 Å². The van der Waals surface area contributed by atoms with Gasteiger partial charge in [-0.05, 0) is 25.1 Å². The van der Waals surface area contributed by atoms with E-state index >= 15 is 0 Å². The zero-order valence-corrected chi connectivity index (χ0v) is 12.0. The number of nitrogens with one attached hydrogen (secondary N) is 1. The number of thiazole rings is 1. The van der Waals surface area contributed by atoms with Gasteiger partial charge in [0, 0.05) is 6.92 Å². The molecular formula is C13H14N2O4S. The van der Waals surface area contributed by atoms with Crippen LogP contribution in [0.4, 0.5) is 5.13 Å². The molecule has 20 heavy (non-hydrogen) atoms. The molecule has 0 saturated carbocycles. The highest BCUT2D eigenvalue weighted by atomic mass is 32.1. The van der Waals surface area contributed by atoms with E-state index in [0.717, 1.165) is 16.0 Å². The van der Waals surface area contributed by atoms with Gasteiger partial charge >= 0.3 is 5.97 Å². The fourth-order valence-corrected chi connectivity index (χ4v) is 2.45. The first-order valence-corrected chi connectivity index (χ1v) is 6.86. The molecule has 1 heterocycles. The Morgan fingerprint density at radius 1 is 1.40 bits per heavy atom. The Bertz CT molecular complexity index is 638. The van der Waals surface area contributed by atoms with Gasteiger partial charge in [0.15, 0.2) is 11.7 Å². The number of amides is 1. The number of benzene rings is 1. The van der Waals surface area contributed by atoms with E-state index in [-0.39, 0.29) is 6.61 Å². The monoisotopic (exact) mass is 294 g/mol. The minimum atomic E-state index is -0.495. The van der Waals surface area contributed by atoms with E-state index in [9.17, 15) is 9.59 Å². The number of aromatic nitrogens is 1. The second-order valence-corrected chi connectivity index (χ2v) is 4.94. The molecule has 0 spiro atoms. The van der Waals surface area contributed by atoms with Gasteiger partial charge in [-0.1, -0.05) is 11.3 Å². The van der Waals surface area contributed by atoms with Crippen LogP contribution in [0.2, 0.25) is 0 Å². The van der Waals surface area contributed by atoms with Crippen LogP contribution in [0.1, 0.15) is 13.8 Å². The van der Waals surface area contributed by atoms with E-state index in [1.165, 1.54) is 18.3 Å². The third-order valence-electron chi connectivity index (χ3n) is 2.32. The standard InChI is InChI=1S/C13H14N2O4S/c1-3-18-9-4-5-10-11(6-9)20-13(14-10)15-12(17)7-19-8(2)16/h4-6H,3,7H2,1-2H3,(H,14,15,17). The molecule has 1 aromatic heterocycles. The van der Waals surface area contributed by atoms with Crippen LogP contribution in [0.3, 0.4) is 0 Å². The molecule has 0 radical (unpaired) electrons. The number of ether oxygens (including phenoxy) is 2. The molecular weight excluding hydrogens is 280 g/mol. The van der Waals surface area contributed by atoms with E-state index in [2.05, 4.69) is 15.0 Å². The second kappa shape index (κ2) is 6.33. The lowest BCUT2D eigenvalue weighted by atomic mass is 10.3. The summed E-state index contributed by atoms with van der Waals surface area (Å²) in [6, 6.07) is 5.53. The molecule has 6 nitrogen and oxygen atoms in total. The van der Waals surface area contributed by atoms with Gasteiger partial charge in [0.25, 0.3) is 5.91 Å². The molecule has 0 fully saturated rings. The smallest absolute Gasteiger partial charge is 0.303 e. The summed E-state index contributed by atoms with van der Waals surface area (Å²) in [4.78, 5) is 26.4. The predicted octanol–water partition coefficient (Wildman–Crippen LogP) is 2.20. The quantitative estimate of drug-likeness (QED) is 0.855. The molecule has 0 aliphatic rings. The SMILES string of the molecule is CCOc1ccc2nc(NC(=O)COC(C)=O)sc2c1. The van der Waals surface area contributed by atoms with Crippen molar-refractivity contribution in [3.63, 3.8) is 0 Å². The fraction of sp³-hybridized carbons (Fsp3) is 0.308. The van der Waals surface area contributed by atoms with Gasteiger partial charge < -0.3 is 9.47 Å². The van der Waals surface area contributed by atoms with Crippen molar-refractivity contribution in [1.82, 2.24) is 4.98 Å². The molecule has 1 N–H and O–H groups in total. The summed E-state index contributed by atoms with van der Waals surface area (Å²) in [5, 5.41) is 3.05. The zero-order chi connectivity index (χ0) is 14.5. The van der Waals surface area contributed by atoms with Crippen LogP contribution in [0.25, 0.3) is 10.2 Å². The highest BCUT2D eigenvalue weighted by molar-refractivity contribution is 7.22. The minimum Gasteiger partial charge on any atom is -0.494 e. The summed E-state index contributed by atoms with van der Waals surface area (Å²) in [6.07, 6.45) is 0. The Kier molecular flexibility index (Phi) is 4.52. The van der Waals surface area contributed by atoms with Crippen LogP contribution in [0.15, 0.2) is 18.2 Å². The molecule has 7 heteroatoms. The third kappa shape index (κ3) is 3.67. The maximum absolute atomic E-state index is 11.5. The number of rotatable bonds is 5. The molecule has 0 bridgehead atoms. The normalized spacial score (nSPS) is 10.3. The molecule has 0 aliphatic heterocycles. The fourth-order valence-electron chi connectivity index (χ4n) is 1.54. The van der Waals surface area contributed by atoms with Crippen LogP contribution in [0.5, 0.6) is 5.75 Å². The van der Waals surface area contributed by atoms with Gasteiger partial charge in [-0.2, -0.15) is 0 Å². The molecule has 106 valence electrons. The number of hydrogen-bond acceptors (Lipinski definition) is 6. The van der Waals surface area contributed by atoms with E-state index < -0.39 is 11.9 Å². The Morgan fingerprint density at radius 2 is 2.20 bits per heavy atom. The number of anilines is 1. The minimum absolute atomic E-state index is 0.310. The lowest BCUT2D eigenvalue weighted by Crippen LogP contribution is -2.19. The van der Waals surface area contributed by atoms with E-state index in [1.807, 2.05) is 25.1 Å². The van der Waals surface area contributed by atoms with Crippen molar-refractivity contribution in [1.29, 1.82) is 0 Å². The van der Waals surface area contributed by atoms with E-state index in [0.29, 0.717) is 11.7 Å². The largest absolute Gasteiger partial charge is 0.494 e. The van der Waals surface area contributed by atoms with E-state index in [1.54, 1.807) is 0 Å². The van der Waals surface area contributed by atoms with Gasteiger partial charge in [-0.15, -0.1) is 0 Å². The number of nitrogens with zero attached hydrogens (tertiary/aromatic N) is 1. The molecule has 2 rings (SSSR count). The van der Waals surface area contributed by atoms with Crippen LogP contribution in [-0.4, -0.2) is 30.1 Å². The molecule has 2 aromatic rings. The highest BCUT2D eigenvalue weighted by Crippen LogP contribution is 2.29. The topological polar surface area (TPSA) is 77.5 Å². The highest BCUT2D eigenvalue weighted by Gasteiger charge is 2.09. The number of esters is 1. The molecule has 1 amide bonds. The second-order valence-electron chi connectivity index (χ2n) is 3.91. The summed E-state index contributed by atoms with van der Waals surface area (Å²) >= 11 is 1.34. The Labute approximate surface area is 119 Å². The average Bonchev–Trinajstić information content (AvgIpc) is 2.78. The van der Waals surface area contributed by atoms with Crippen molar-refractivity contribution in [3.05, 3.63) is 18.2 Å². The first-order chi connectivity index (χ1) is 9.58. The Balaban J connectivity index is 2.07. The summed E-state index contributed by atoms with van der Waals surface area (Å²) in [5.41, 5.74) is 0.779. The van der Waals surface area contributed by atoms with Crippen molar-refractivity contribution in [3.8, 4) is 5.75 Å². The molecule has 0 saturated heterocycles. The number of carbonyl (C=O) groups is 2. The van der Waals surface area contributed by atoms with Crippen molar-refractivity contribution in [2.45, 2.75) is 13.8 Å². The van der Waals surface area contributed by atoms with Gasteiger partial charge in [0.05, 0.1) is 16.8 Å². The predicted molar refractivity (Wildman–Crippen MR) is 76.1 cm³/mol. The summed E-state index contributed by atoms with van der Waals surface area (Å²) in [7, 11) is 0. The molecule has 0 aliphatic carbocycles. The molecule has 1 aromatic carbocycles. The zero-order valence-electron chi connectivity index (χ0n) is 11.1. The Hall–Kier alpha value is -2.15. The lowest BCUT2D eigenvalue weighted by Gasteiger charge is -2.00. The number of fused-ring (bicyclic) bond motifs is 1. The summed E-state index contributed by atoms with van der Waals surface area (Å²) < 4.78 is 10.9. The van der Waals surface area contributed by atoms with Crippen molar-refractivity contribution in [2.75, 3.05) is 18.5 Å². The van der Waals surface area contributed by atoms with E-state index in [4.69, 9.17) is 4.74 Å². The maximum atomic E-state index is 11.5. The first kappa shape index (κ1) is 14.3. The Morgan fingerprint density at radius 3 is 2.90 bits per heavy atom. The summed E-state index contributed by atoms with van der Waals surface area (Å²) in [6.45, 7) is 3.45. The lowest BCUT2D eigenvalue weighted by molar-refractivity contribution is -0.144.